The summed E-state index contributed by atoms with van der Waals surface area (Å²) in [6, 6.07) is 6.46. The van der Waals surface area contributed by atoms with E-state index < -0.39 is 0 Å². The molecule has 2 atom stereocenters. The van der Waals surface area contributed by atoms with E-state index in [1.165, 1.54) is 24.1 Å². The van der Waals surface area contributed by atoms with Crippen molar-refractivity contribution in [2.45, 2.75) is 50.5 Å². The highest BCUT2D eigenvalue weighted by atomic mass is 16.5. The summed E-state index contributed by atoms with van der Waals surface area (Å²) in [5, 5.41) is 10.1. The molecule has 1 saturated carbocycles. The summed E-state index contributed by atoms with van der Waals surface area (Å²) in [5.41, 5.74) is 2.56. The number of nitrogens with zero attached hydrogens (tertiary/aromatic N) is 1. The molecule has 25 heavy (non-hydrogen) atoms. The zero-order chi connectivity index (χ0) is 17.4. The van der Waals surface area contributed by atoms with Crippen LogP contribution in [0, 0.1) is 5.92 Å². The van der Waals surface area contributed by atoms with E-state index in [1.807, 2.05) is 13.0 Å². The average Bonchev–Trinajstić information content (AvgIpc) is 3.38. The molecule has 1 saturated heterocycles. The third-order valence-electron chi connectivity index (χ3n) is 5.96. The highest BCUT2D eigenvalue weighted by molar-refractivity contribution is 5.49. The molecule has 3 aliphatic rings. The lowest BCUT2D eigenvalue weighted by Gasteiger charge is -2.37. The molecule has 4 rings (SSSR count). The maximum absolute atomic E-state index is 10.1. The van der Waals surface area contributed by atoms with Crippen molar-refractivity contribution >= 4 is 0 Å². The Hall–Kier alpha value is -1.68. The van der Waals surface area contributed by atoms with Gasteiger partial charge in [-0.15, -0.1) is 0 Å². The van der Waals surface area contributed by atoms with Crippen LogP contribution in [0.4, 0.5) is 0 Å². The number of hydrogen-bond acceptors (Lipinski definition) is 4. The summed E-state index contributed by atoms with van der Waals surface area (Å²) >= 11 is 0. The van der Waals surface area contributed by atoms with Crippen LogP contribution in [0.5, 0.6) is 11.5 Å². The van der Waals surface area contributed by atoms with Crippen molar-refractivity contribution in [2.24, 2.45) is 5.92 Å². The van der Waals surface area contributed by atoms with Crippen LogP contribution in [0.1, 0.15) is 44.6 Å². The fourth-order valence-corrected chi connectivity index (χ4v) is 4.29. The highest BCUT2D eigenvalue weighted by Crippen LogP contribution is 2.50. The third kappa shape index (κ3) is 3.12. The van der Waals surface area contributed by atoms with Gasteiger partial charge < -0.3 is 19.5 Å². The molecular formula is C21H29NO3. The lowest BCUT2D eigenvalue weighted by atomic mass is 9.70. The number of aliphatic hydroxyl groups excluding tert-OH is 1. The quantitative estimate of drug-likeness (QED) is 0.859. The fraction of sp³-hybridized carbons (Fsp3) is 0.619. The maximum atomic E-state index is 10.1. The van der Waals surface area contributed by atoms with Gasteiger partial charge in [-0.05, 0) is 68.7 Å². The largest absolute Gasteiger partial charge is 0.490 e. The predicted molar refractivity (Wildman–Crippen MR) is 98.1 cm³/mol. The standard InChI is InChI=1S/C21H29NO3/c1-3-24-19-12-16(6-7-18(19)25-14-15-4-5-15)21-9-8-17(23)13-20(21)22(2)11-10-21/h6-7,12-13,15,17,23H,3-5,8-11,14H2,1-2H3/t17-,21+/m1/s1. The molecule has 4 heteroatoms. The highest BCUT2D eigenvalue weighted by Gasteiger charge is 2.45. The Morgan fingerprint density at radius 3 is 2.76 bits per heavy atom. The number of hydrogen-bond donors (Lipinski definition) is 1. The Morgan fingerprint density at radius 2 is 2.00 bits per heavy atom. The van der Waals surface area contributed by atoms with Gasteiger partial charge in [0.05, 0.1) is 19.3 Å². The van der Waals surface area contributed by atoms with Crippen LogP contribution in [0.25, 0.3) is 0 Å². The van der Waals surface area contributed by atoms with E-state index in [2.05, 4.69) is 30.1 Å². The van der Waals surface area contributed by atoms with Crippen molar-refractivity contribution in [1.82, 2.24) is 4.90 Å². The number of fused-ring (bicyclic) bond motifs is 1. The smallest absolute Gasteiger partial charge is 0.161 e. The third-order valence-corrected chi connectivity index (χ3v) is 5.96. The molecule has 1 heterocycles. The van der Waals surface area contributed by atoms with E-state index in [1.54, 1.807) is 0 Å². The van der Waals surface area contributed by atoms with Crippen LogP contribution >= 0.6 is 0 Å². The lowest BCUT2D eigenvalue weighted by molar-refractivity contribution is 0.181. The molecule has 1 aromatic carbocycles. The van der Waals surface area contributed by atoms with E-state index in [-0.39, 0.29) is 11.5 Å². The van der Waals surface area contributed by atoms with Crippen LogP contribution in [0.2, 0.25) is 0 Å². The summed E-state index contributed by atoms with van der Waals surface area (Å²) in [5.74, 6) is 2.45. The lowest BCUT2D eigenvalue weighted by Crippen LogP contribution is -2.33. The van der Waals surface area contributed by atoms with Crippen molar-refractivity contribution in [1.29, 1.82) is 0 Å². The molecule has 2 aliphatic carbocycles. The minimum Gasteiger partial charge on any atom is -0.490 e. The number of aliphatic hydroxyl groups is 1. The first kappa shape index (κ1) is 16.8. The molecule has 2 fully saturated rings. The summed E-state index contributed by atoms with van der Waals surface area (Å²) in [4.78, 5) is 2.29. The molecule has 1 aliphatic heterocycles. The molecule has 0 radical (unpaired) electrons. The molecule has 1 aromatic rings. The Bertz CT molecular complexity index is 667. The van der Waals surface area contributed by atoms with Gasteiger partial charge in [-0.2, -0.15) is 0 Å². The van der Waals surface area contributed by atoms with Gasteiger partial charge in [0, 0.05) is 24.7 Å². The predicted octanol–water partition coefficient (Wildman–Crippen LogP) is 3.49. The molecular weight excluding hydrogens is 314 g/mol. The number of ether oxygens (including phenoxy) is 2. The molecule has 136 valence electrons. The monoisotopic (exact) mass is 343 g/mol. The zero-order valence-electron chi connectivity index (χ0n) is 15.3. The number of benzene rings is 1. The van der Waals surface area contributed by atoms with Gasteiger partial charge in [-0.3, -0.25) is 0 Å². The first-order chi connectivity index (χ1) is 12.1. The maximum Gasteiger partial charge on any atom is 0.161 e. The van der Waals surface area contributed by atoms with Crippen molar-refractivity contribution in [3.8, 4) is 11.5 Å². The molecule has 0 aromatic heterocycles. The topological polar surface area (TPSA) is 41.9 Å². The normalized spacial score (nSPS) is 28.5. The molecule has 0 unspecified atom stereocenters. The second-order valence-corrected chi connectivity index (χ2v) is 7.76. The van der Waals surface area contributed by atoms with Crippen LogP contribution in [0.15, 0.2) is 30.0 Å². The van der Waals surface area contributed by atoms with Crippen LogP contribution in [-0.2, 0) is 5.41 Å². The van der Waals surface area contributed by atoms with E-state index in [9.17, 15) is 5.11 Å². The molecule has 4 nitrogen and oxygen atoms in total. The molecule has 0 amide bonds. The Balaban J connectivity index is 1.67. The van der Waals surface area contributed by atoms with Crippen LogP contribution in [0.3, 0.4) is 0 Å². The molecule has 1 N–H and O–H groups in total. The summed E-state index contributed by atoms with van der Waals surface area (Å²) in [7, 11) is 2.13. The van der Waals surface area contributed by atoms with E-state index in [4.69, 9.17) is 9.47 Å². The summed E-state index contributed by atoms with van der Waals surface area (Å²) < 4.78 is 11.9. The van der Waals surface area contributed by atoms with Crippen molar-refractivity contribution in [2.75, 3.05) is 26.8 Å². The van der Waals surface area contributed by atoms with Gasteiger partial charge in [0.2, 0.25) is 0 Å². The number of likely N-dealkylation sites (N-methyl/N-ethyl adjacent to an activating group) is 1. The van der Waals surface area contributed by atoms with Gasteiger partial charge >= 0.3 is 0 Å². The minimum absolute atomic E-state index is 0.00878. The number of allylic oxidation sites excluding steroid dienone is 1. The van der Waals surface area contributed by atoms with Crippen molar-refractivity contribution in [3.05, 3.63) is 35.5 Å². The van der Waals surface area contributed by atoms with Gasteiger partial charge in [-0.1, -0.05) is 6.07 Å². The van der Waals surface area contributed by atoms with Crippen molar-refractivity contribution in [3.63, 3.8) is 0 Å². The average molecular weight is 343 g/mol. The van der Waals surface area contributed by atoms with Crippen LogP contribution < -0.4 is 9.47 Å². The number of rotatable bonds is 6. The molecule has 0 bridgehead atoms. The Labute approximate surface area is 150 Å². The first-order valence-corrected chi connectivity index (χ1v) is 9.64. The number of likely N-dealkylation sites (tertiary alicyclic amines) is 1. The SMILES string of the molecule is CCOc1cc([C@@]23CC[C@@H](O)C=C2N(C)CC3)ccc1OCC1CC1. The first-order valence-electron chi connectivity index (χ1n) is 9.64. The second-order valence-electron chi connectivity index (χ2n) is 7.76. The molecule has 0 spiro atoms. The zero-order valence-corrected chi connectivity index (χ0v) is 15.3. The Kier molecular flexibility index (Phi) is 4.40. The summed E-state index contributed by atoms with van der Waals surface area (Å²) in [6.45, 7) is 4.48. The van der Waals surface area contributed by atoms with E-state index in [0.717, 1.165) is 49.8 Å². The van der Waals surface area contributed by atoms with E-state index >= 15 is 0 Å². The van der Waals surface area contributed by atoms with Crippen molar-refractivity contribution < 1.29 is 14.6 Å². The second kappa shape index (κ2) is 6.56. The van der Waals surface area contributed by atoms with Gasteiger partial charge in [-0.25, -0.2) is 0 Å². The fourth-order valence-electron chi connectivity index (χ4n) is 4.29. The van der Waals surface area contributed by atoms with Gasteiger partial charge in [0.25, 0.3) is 0 Å². The Morgan fingerprint density at radius 1 is 1.16 bits per heavy atom. The summed E-state index contributed by atoms with van der Waals surface area (Å²) in [6.07, 6.45) is 7.20. The van der Waals surface area contributed by atoms with Crippen LogP contribution in [-0.4, -0.2) is 42.9 Å². The minimum atomic E-state index is -0.323. The van der Waals surface area contributed by atoms with Gasteiger partial charge in [0.15, 0.2) is 11.5 Å². The van der Waals surface area contributed by atoms with Gasteiger partial charge in [0.1, 0.15) is 0 Å². The van der Waals surface area contributed by atoms with E-state index in [0.29, 0.717) is 6.61 Å².